The van der Waals surface area contributed by atoms with Crippen LogP contribution in [-0.4, -0.2) is 50.8 Å². The molecule has 1 aliphatic heterocycles. The Labute approximate surface area is 203 Å². The number of carboxylic acid groups (broad SMARTS) is 1. The molecule has 2 saturated carbocycles. The maximum atomic E-state index is 15.2. The van der Waals surface area contributed by atoms with E-state index in [0.29, 0.717) is 37.3 Å². The van der Waals surface area contributed by atoms with Crippen molar-refractivity contribution in [2.45, 2.75) is 82.8 Å². The van der Waals surface area contributed by atoms with Crippen molar-refractivity contribution in [3.63, 3.8) is 0 Å². The fourth-order valence-corrected chi connectivity index (χ4v) is 6.17. The molecule has 0 bridgehead atoms. The number of likely N-dealkylation sites (tertiary alicyclic amines) is 1. The van der Waals surface area contributed by atoms with Crippen LogP contribution in [0.25, 0.3) is 10.9 Å². The van der Waals surface area contributed by atoms with Crippen molar-refractivity contribution in [2.24, 2.45) is 5.92 Å². The quantitative estimate of drug-likeness (QED) is 0.621. The number of rotatable bonds is 7. The molecule has 1 unspecified atom stereocenters. The number of hydrogen-bond acceptors (Lipinski definition) is 5. The average molecular weight is 487 g/mol. The number of nitrogens with one attached hydrogen (secondary N) is 1. The molecule has 35 heavy (non-hydrogen) atoms. The molecule has 0 spiro atoms. The lowest BCUT2D eigenvalue weighted by Crippen LogP contribution is -2.43. The highest BCUT2D eigenvalue weighted by molar-refractivity contribution is 5.82. The SMILES string of the molecule is O=C(O)C1CCN(CCn2c(=O)c3cc(F)c(NC4CCCCC4)cc3n(C3CCCC3)c2=O)C1. The normalized spacial score (nSPS) is 22.3. The van der Waals surface area contributed by atoms with Gasteiger partial charge in [0, 0.05) is 31.7 Å². The summed E-state index contributed by atoms with van der Waals surface area (Å²) in [5.74, 6) is -1.69. The zero-order chi connectivity index (χ0) is 24.5. The Hall–Kier alpha value is -2.68. The second-order valence-electron chi connectivity index (χ2n) is 10.5. The van der Waals surface area contributed by atoms with Gasteiger partial charge < -0.3 is 15.3 Å². The lowest BCUT2D eigenvalue weighted by atomic mass is 9.95. The Morgan fingerprint density at radius 1 is 1.00 bits per heavy atom. The zero-order valence-corrected chi connectivity index (χ0v) is 20.2. The standard InChI is InChI=1S/C26H35FN4O4/c27-21-14-20-23(15-22(21)28-18-6-2-1-3-7-18)31(19-8-4-5-9-19)26(35)30(24(20)32)13-12-29-11-10-17(16-29)25(33)34/h14-15,17-19,28H,1-13,16H2,(H,33,34). The number of fused-ring (bicyclic) bond motifs is 1. The summed E-state index contributed by atoms with van der Waals surface area (Å²) in [6.45, 7) is 1.62. The molecule has 3 aliphatic rings. The van der Waals surface area contributed by atoms with E-state index in [4.69, 9.17) is 0 Å². The predicted molar refractivity (Wildman–Crippen MR) is 133 cm³/mol. The Kier molecular flexibility index (Phi) is 6.95. The van der Waals surface area contributed by atoms with Gasteiger partial charge in [-0.25, -0.2) is 9.18 Å². The van der Waals surface area contributed by atoms with E-state index < -0.39 is 23.3 Å². The molecule has 8 nitrogen and oxygen atoms in total. The smallest absolute Gasteiger partial charge is 0.331 e. The third-order valence-electron chi connectivity index (χ3n) is 8.17. The van der Waals surface area contributed by atoms with Crippen LogP contribution >= 0.6 is 0 Å². The van der Waals surface area contributed by atoms with Gasteiger partial charge in [-0.05, 0) is 50.8 Å². The number of aliphatic carboxylic acids is 1. The molecule has 1 aromatic carbocycles. The molecular formula is C26H35FN4O4. The number of carboxylic acids is 1. The van der Waals surface area contributed by atoms with E-state index in [0.717, 1.165) is 51.4 Å². The van der Waals surface area contributed by atoms with Crippen LogP contribution in [0.3, 0.4) is 0 Å². The molecule has 1 aromatic heterocycles. The summed E-state index contributed by atoms with van der Waals surface area (Å²) >= 11 is 0. The number of carbonyl (C=O) groups is 1. The Morgan fingerprint density at radius 2 is 1.71 bits per heavy atom. The van der Waals surface area contributed by atoms with Crippen LogP contribution in [0.1, 0.15) is 70.3 Å². The summed E-state index contributed by atoms with van der Waals surface area (Å²) < 4.78 is 18.1. The molecule has 190 valence electrons. The molecule has 1 saturated heterocycles. The van der Waals surface area contributed by atoms with Crippen molar-refractivity contribution in [3.8, 4) is 0 Å². The number of nitrogens with zero attached hydrogens (tertiary/aromatic N) is 3. The van der Waals surface area contributed by atoms with Gasteiger partial charge in [-0.1, -0.05) is 32.1 Å². The number of benzene rings is 1. The second kappa shape index (κ2) is 10.1. The molecule has 3 fully saturated rings. The van der Waals surface area contributed by atoms with Crippen LogP contribution in [0.4, 0.5) is 10.1 Å². The van der Waals surface area contributed by atoms with Crippen molar-refractivity contribution >= 4 is 22.6 Å². The maximum Gasteiger partial charge on any atom is 0.331 e. The molecule has 5 rings (SSSR count). The third-order valence-corrected chi connectivity index (χ3v) is 8.17. The minimum Gasteiger partial charge on any atom is -0.481 e. The van der Waals surface area contributed by atoms with Gasteiger partial charge in [-0.2, -0.15) is 0 Å². The molecule has 0 radical (unpaired) electrons. The van der Waals surface area contributed by atoms with Gasteiger partial charge in [0.1, 0.15) is 5.82 Å². The summed E-state index contributed by atoms with van der Waals surface area (Å²) in [5.41, 5.74) is 0.0504. The topological polar surface area (TPSA) is 96.6 Å². The molecule has 9 heteroatoms. The van der Waals surface area contributed by atoms with Crippen molar-refractivity contribution in [3.05, 3.63) is 38.8 Å². The van der Waals surface area contributed by atoms with Gasteiger partial charge in [0.25, 0.3) is 5.56 Å². The minimum absolute atomic E-state index is 0.00646. The highest BCUT2D eigenvalue weighted by atomic mass is 19.1. The molecule has 2 N–H and O–H groups in total. The first-order valence-corrected chi connectivity index (χ1v) is 13.1. The fraction of sp³-hybridized carbons (Fsp3) is 0.654. The number of anilines is 1. The fourth-order valence-electron chi connectivity index (χ4n) is 6.17. The monoisotopic (exact) mass is 486 g/mol. The van der Waals surface area contributed by atoms with Crippen molar-refractivity contribution in [1.29, 1.82) is 0 Å². The van der Waals surface area contributed by atoms with E-state index in [1.54, 1.807) is 10.6 Å². The van der Waals surface area contributed by atoms with Gasteiger partial charge in [0.05, 0.1) is 22.5 Å². The molecule has 2 heterocycles. The second-order valence-corrected chi connectivity index (χ2v) is 10.5. The summed E-state index contributed by atoms with van der Waals surface area (Å²) in [5, 5.41) is 12.8. The van der Waals surface area contributed by atoms with Gasteiger partial charge in [0.2, 0.25) is 0 Å². The first-order valence-electron chi connectivity index (χ1n) is 13.1. The van der Waals surface area contributed by atoms with Crippen LogP contribution in [0, 0.1) is 11.7 Å². The van der Waals surface area contributed by atoms with Gasteiger partial charge in [-0.3, -0.25) is 18.7 Å². The third kappa shape index (κ3) is 4.87. The largest absolute Gasteiger partial charge is 0.481 e. The van der Waals surface area contributed by atoms with Gasteiger partial charge >= 0.3 is 11.7 Å². The van der Waals surface area contributed by atoms with Crippen molar-refractivity contribution < 1.29 is 14.3 Å². The Balaban J connectivity index is 1.51. The maximum absolute atomic E-state index is 15.2. The van der Waals surface area contributed by atoms with Crippen LogP contribution in [0.2, 0.25) is 0 Å². The van der Waals surface area contributed by atoms with Gasteiger partial charge in [0.15, 0.2) is 0 Å². The molecule has 0 amide bonds. The first kappa shape index (κ1) is 24.0. The Bertz CT molecular complexity index is 1210. The number of hydrogen-bond donors (Lipinski definition) is 2. The highest BCUT2D eigenvalue weighted by Gasteiger charge is 2.29. The number of aromatic nitrogens is 2. The lowest BCUT2D eigenvalue weighted by molar-refractivity contribution is -0.141. The van der Waals surface area contributed by atoms with E-state index >= 15 is 4.39 Å². The van der Waals surface area contributed by atoms with Crippen molar-refractivity contribution in [2.75, 3.05) is 25.0 Å². The molecule has 2 aromatic rings. The Morgan fingerprint density at radius 3 is 2.40 bits per heavy atom. The van der Waals surface area contributed by atoms with E-state index in [-0.39, 0.29) is 29.7 Å². The summed E-state index contributed by atoms with van der Waals surface area (Å²) in [4.78, 5) is 40.3. The van der Waals surface area contributed by atoms with Gasteiger partial charge in [-0.15, -0.1) is 0 Å². The van der Waals surface area contributed by atoms with Crippen LogP contribution in [0.5, 0.6) is 0 Å². The number of halogens is 1. The van der Waals surface area contributed by atoms with Crippen LogP contribution < -0.4 is 16.6 Å². The zero-order valence-electron chi connectivity index (χ0n) is 20.2. The predicted octanol–water partition coefficient (Wildman–Crippen LogP) is 3.57. The van der Waals surface area contributed by atoms with Crippen molar-refractivity contribution in [1.82, 2.24) is 14.0 Å². The van der Waals surface area contributed by atoms with E-state index in [9.17, 15) is 19.5 Å². The minimum atomic E-state index is -0.813. The summed E-state index contributed by atoms with van der Waals surface area (Å²) in [6.07, 6.45) is 9.77. The first-order chi connectivity index (χ1) is 16.9. The van der Waals surface area contributed by atoms with Crippen LogP contribution in [0.15, 0.2) is 21.7 Å². The van der Waals surface area contributed by atoms with Crippen LogP contribution in [-0.2, 0) is 11.3 Å². The van der Waals surface area contributed by atoms with E-state index in [2.05, 4.69) is 5.32 Å². The van der Waals surface area contributed by atoms with E-state index in [1.807, 2.05) is 4.90 Å². The average Bonchev–Trinajstić information content (AvgIpc) is 3.54. The lowest BCUT2D eigenvalue weighted by Gasteiger charge is -2.25. The summed E-state index contributed by atoms with van der Waals surface area (Å²) in [6, 6.07) is 3.16. The molecular weight excluding hydrogens is 451 g/mol. The molecule has 2 aliphatic carbocycles. The molecule has 1 atom stereocenters. The summed E-state index contributed by atoms with van der Waals surface area (Å²) in [7, 11) is 0. The van der Waals surface area contributed by atoms with E-state index in [1.165, 1.54) is 17.1 Å². The highest BCUT2D eigenvalue weighted by Crippen LogP contribution is 2.32.